The lowest BCUT2D eigenvalue weighted by Crippen LogP contribution is -2.72. The molecule has 5 rings (SSSR count). The van der Waals surface area contributed by atoms with Crippen molar-refractivity contribution in [1.82, 2.24) is 10.2 Å². The Morgan fingerprint density at radius 2 is 2.00 bits per heavy atom. The fourth-order valence-corrected chi connectivity index (χ4v) is 5.41. The minimum atomic E-state index is -0.864. The maximum Gasteiger partial charge on any atom is 0.234 e. The first-order valence-electron chi connectivity index (χ1n) is 10.5. The summed E-state index contributed by atoms with van der Waals surface area (Å²) >= 11 is 0. The molecule has 0 aromatic heterocycles. The number of carbonyl (C=O) groups is 2. The van der Waals surface area contributed by atoms with Crippen LogP contribution in [0, 0.1) is 11.8 Å². The molecule has 0 radical (unpaired) electrons. The summed E-state index contributed by atoms with van der Waals surface area (Å²) in [6, 6.07) is 12.7. The molecule has 3 aliphatic heterocycles. The van der Waals surface area contributed by atoms with E-state index >= 15 is 0 Å². The van der Waals surface area contributed by atoms with Crippen molar-refractivity contribution in [3.05, 3.63) is 53.6 Å². The number of hydrogen-bond acceptors (Lipinski definition) is 6. The summed E-state index contributed by atoms with van der Waals surface area (Å²) in [4.78, 5) is 29.4. The first kappa shape index (κ1) is 19.9. The van der Waals surface area contributed by atoms with Crippen molar-refractivity contribution in [3.63, 3.8) is 0 Å². The highest BCUT2D eigenvalue weighted by molar-refractivity contribution is 6.12. The number of likely N-dealkylation sites (tertiary alicyclic amines) is 1. The monoisotopic (exact) mass is 422 g/mol. The van der Waals surface area contributed by atoms with Gasteiger partial charge in [0.15, 0.2) is 11.5 Å². The summed E-state index contributed by atoms with van der Waals surface area (Å²) in [6.07, 6.45) is 0.655. The van der Waals surface area contributed by atoms with Gasteiger partial charge in [0, 0.05) is 37.4 Å². The van der Waals surface area contributed by atoms with Crippen LogP contribution in [-0.4, -0.2) is 56.7 Å². The number of para-hydroxylation sites is 1. The van der Waals surface area contributed by atoms with E-state index in [1.165, 1.54) is 7.11 Å². The first-order chi connectivity index (χ1) is 15.0. The standard InChI is InChI=1S/C24H26N2O5/c1-26-11-10-24-17(13-26)20(15-9-8-14(29-2)12-19(15)31-24)21(23(28)25-24)22(27)16-6-4-5-7-18(16)30-3/h4-9,12,17,20-21H,10-11,13H2,1-3H3,(H,25,28). The maximum absolute atomic E-state index is 13.8. The van der Waals surface area contributed by atoms with E-state index in [4.69, 9.17) is 14.2 Å². The van der Waals surface area contributed by atoms with Gasteiger partial charge in [0.1, 0.15) is 23.2 Å². The second-order valence-electron chi connectivity index (χ2n) is 8.57. The Balaban J connectivity index is 1.66. The Morgan fingerprint density at radius 3 is 2.77 bits per heavy atom. The quantitative estimate of drug-likeness (QED) is 0.603. The number of ketones is 1. The van der Waals surface area contributed by atoms with Gasteiger partial charge in [0.05, 0.1) is 19.8 Å². The lowest BCUT2D eigenvalue weighted by atomic mass is 9.63. The Labute approximate surface area is 181 Å². The SMILES string of the molecule is COc1ccc2c(c1)OC13CCN(C)CC1C2C(C(=O)c1ccccc1OC)C(=O)N3. The van der Waals surface area contributed by atoms with Gasteiger partial charge in [-0.2, -0.15) is 0 Å². The molecule has 0 saturated carbocycles. The van der Waals surface area contributed by atoms with Gasteiger partial charge in [-0.3, -0.25) is 9.59 Å². The summed E-state index contributed by atoms with van der Waals surface area (Å²) in [5, 5.41) is 3.11. The Kier molecular flexibility index (Phi) is 4.66. The molecule has 2 saturated heterocycles. The highest BCUT2D eigenvalue weighted by atomic mass is 16.5. The zero-order chi connectivity index (χ0) is 21.8. The van der Waals surface area contributed by atoms with Crippen LogP contribution in [-0.2, 0) is 4.79 Å². The lowest BCUT2D eigenvalue weighted by molar-refractivity contribution is -0.157. The number of rotatable bonds is 4. The average molecular weight is 422 g/mol. The molecule has 2 aromatic rings. The molecule has 2 fully saturated rings. The molecule has 7 heteroatoms. The number of amides is 1. The largest absolute Gasteiger partial charge is 0.497 e. The molecular formula is C24H26N2O5. The molecule has 0 spiro atoms. The third kappa shape index (κ3) is 2.98. The van der Waals surface area contributed by atoms with Crippen LogP contribution in [0.5, 0.6) is 17.2 Å². The normalized spacial score (nSPS) is 29.1. The van der Waals surface area contributed by atoms with E-state index in [0.29, 0.717) is 29.2 Å². The van der Waals surface area contributed by atoms with Crippen LogP contribution in [0.15, 0.2) is 42.5 Å². The van der Waals surface area contributed by atoms with Gasteiger partial charge >= 0.3 is 0 Å². The van der Waals surface area contributed by atoms with Gasteiger partial charge < -0.3 is 24.4 Å². The van der Waals surface area contributed by atoms with Crippen molar-refractivity contribution < 1.29 is 23.8 Å². The van der Waals surface area contributed by atoms with Crippen LogP contribution in [0.1, 0.15) is 28.3 Å². The molecule has 3 aliphatic rings. The molecule has 4 unspecified atom stereocenters. The Bertz CT molecular complexity index is 1050. The third-order valence-electron chi connectivity index (χ3n) is 6.91. The fourth-order valence-electron chi connectivity index (χ4n) is 5.41. The molecule has 4 atom stereocenters. The molecular weight excluding hydrogens is 396 g/mol. The van der Waals surface area contributed by atoms with E-state index in [2.05, 4.69) is 17.3 Å². The van der Waals surface area contributed by atoms with Gasteiger partial charge in [-0.05, 0) is 30.8 Å². The van der Waals surface area contributed by atoms with Gasteiger partial charge in [-0.1, -0.05) is 18.2 Å². The third-order valence-corrected chi connectivity index (χ3v) is 6.91. The van der Waals surface area contributed by atoms with Crippen LogP contribution < -0.4 is 19.5 Å². The second-order valence-corrected chi connectivity index (χ2v) is 8.57. The molecule has 2 aromatic carbocycles. The Morgan fingerprint density at radius 1 is 1.19 bits per heavy atom. The van der Waals surface area contributed by atoms with Crippen molar-refractivity contribution in [3.8, 4) is 17.2 Å². The number of methoxy groups -OCH3 is 2. The van der Waals surface area contributed by atoms with Crippen molar-refractivity contribution in [2.75, 3.05) is 34.4 Å². The number of piperidine rings is 2. The van der Waals surface area contributed by atoms with Crippen molar-refractivity contribution in [2.45, 2.75) is 18.1 Å². The second kappa shape index (κ2) is 7.27. The molecule has 3 heterocycles. The molecule has 7 nitrogen and oxygen atoms in total. The van der Waals surface area contributed by atoms with Gasteiger partial charge in [-0.25, -0.2) is 0 Å². The average Bonchev–Trinajstić information content (AvgIpc) is 2.78. The predicted molar refractivity (Wildman–Crippen MR) is 114 cm³/mol. The summed E-state index contributed by atoms with van der Waals surface area (Å²) in [6.45, 7) is 1.53. The molecule has 162 valence electrons. The zero-order valence-corrected chi connectivity index (χ0v) is 17.9. The number of fused-ring (bicyclic) bond motifs is 2. The number of Topliss-reactive ketones (excluding diaryl/α,β-unsaturated/α-hetero) is 1. The summed E-state index contributed by atoms with van der Waals surface area (Å²) in [5.74, 6) is 0.0871. The van der Waals surface area contributed by atoms with Gasteiger partial charge in [0.25, 0.3) is 0 Å². The van der Waals surface area contributed by atoms with E-state index in [1.54, 1.807) is 25.3 Å². The van der Waals surface area contributed by atoms with E-state index in [9.17, 15) is 9.59 Å². The van der Waals surface area contributed by atoms with Crippen molar-refractivity contribution in [1.29, 1.82) is 0 Å². The van der Waals surface area contributed by atoms with E-state index < -0.39 is 11.6 Å². The molecule has 31 heavy (non-hydrogen) atoms. The zero-order valence-electron chi connectivity index (χ0n) is 17.9. The summed E-state index contributed by atoms with van der Waals surface area (Å²) in [7, 11) is 5.20. The van der Waals surface area contributed by atoms with Crippen LogP contribution in [0.3, 0.4) is 0 Å². The molecule has 1 N–H and O–H groups in total. The smallest absolute Gasteiger partial charge is 0.234 e. The minimum absolute atomic E-state index is 0.0477. The highest BCUT2D eigenvalue weighted by Gasteiger charge is 2.61. The van der Waals surface area contributed by atoms with Crippen molar-refractivity contribution in [2.24, 2.45) is 11.8 Å². The summed E-state index contributed by atoms with van der Waals surface area (Å²) in [5.41, 5.74) is 0.480. The Hall–Kier alpha value is -3.06. The van der Waals surface area contributed by atoms with E-state index in [0.717, 1.165) is 18.7 Å². The van der Waals surface area contributed by atoms with Crippen molar-refractivity contribution >= 4 is 11.7 Å². The summed E-state index contributed by atoms with van der Waals surface area (Å²) < 4.78 is 17.3. The number of benzene rings is 2. The topological polar surface area (TPSA) is 77.1 Å². The number of ether oxygens (including phenoxy) is 3. The van der Waals surface area contributed by atoms with Crippen LogP contribution in [0.4, 0.5) is 0 Å². The lowest BCUT2D eigenvalue weighted by Gasteiger charge is -2.57. The molecule has 1 amide bonds. The maximum atomic E-state index is 13.8. The van der Waals surface area contributed by atoms with Gasteiger partial charge in [0.2, 0.25) is 5.91 Å². The molecule has 2 bridgehead atoms. The van der Waals surface area contributed by atoms with Gasteiger partial charge in [-0.15, -0.1) is 0 Å². The number of nitrogens with one attached hydrogen (secondary N) is 1. The predicted octanol–water partition coefficient (Wildman–Crippen LogP) is 2.46. The van der Waals surface area contributed by atoms with E-state index in [-0.39, 0.29) is 23.5 Å². The van der Waals surface area contributed by atoms with Crippen LogP contribution >= 0.6 is 0 Å². The number of carbonyl (C=O) groups excluding carboxylic acids is 2. The highest BCUT2D eigenvalue weighted by Crippen LogP contribution is 2.54. The number of hydrogen-bond donors (Lipinski definition) is 1. The van der Waals surface area contributed by atoms with E-state index in [1.807, 2.05) is 24.3 Å². The fraction of sp³-hybridized carbons (Fsp3) is 0.417. The van der Waals surface area contributed by atoms with Crippen LogP contribution in [0.25, 0.3) is 0 Å². The molecule has 0 aliphatic carbocycles. The minimum Gasteiger partial charge on any atom is -0.497 e. The first-order valence-corrected chi connectivity index (χ1v) is 10.5. The van der Waals surface area contributed by atoms with Crippen LogP contribution in [0.2, 0.25) is 0 Å². The number of nitrogens with zero attached hydrogens (tertiary/aromatic N) is 1.